The van der Waals surface area contributed by atoms with Crippen molar-refractivity contribution in [1.29, 1.82) is 0 Å². The summed E-state index contributed by atoms with van der Waals surface area (Å²) >= 11 is 0. The standard InChI is InChI=1S/C23H36N2O6/c1-5-12-24(15(3)4)20(28)18-23-11-10-22(6-2,31-23)17(21(29)30)16(23)19(27)25(18)13-8-7-9-14-26/h5,15-18,26H,1,6-14H2,2-4H3,(H,29,30)/t16-,17+,18?,22-,23?/m0/s1. The number of rotatable bonds is 11. The normalized spacial score (nSPS) is 33.8. The Morgan fingerprint density at radius 1 is 1.32 bits per heavy atom. The number of ether oxygens (including phenoxy) is 1. The molecule has 3 aliphatic rings. The number of carbonyl (C=O) groups is 3. The summed E-state index contributed by atoms with van der Waals surface area (Å²) in [4.78, 5) is 43.0. The fourth-order valence-electron chi connectivity index (χ4n) is 6.04. The molecule has 0 radical (unpaired) electrons. The summed E-state index contributed by atoms with van der Waals surface area (Å²) in [6.45, 7) is 10.3. The van der Waals surface area contributed by atoms with E-state index in [0.29, 0.717) is 45.2 Å². The first-order valence-corrected chi connectivity index (χ1v) is 11.5. The van der Waals surface area contributed by atoms with Crippen molar-refractivity contribution in [2.75, 3.05) is 19.7 Å². The predicted octanol–water partition coefficient (Wildman–Crippen LogP) is 1.81. The Kier molecular flexibility index (Phi) is 6.81. The molecule has 2 N–H and O–H groups in total. The van der Waals surface area contributed by atoms with Crippen LogP contribution in [0.15, 0.2) is 12.7 Å². The van der Waals surface area contributed by atoms with E-state index in [0.717, 1.165) is 6.42 Å². The number of unbranched alkanes of at least 4 members (excludes halogenated alkanes) is 2. The number of hydrogen-bond donors (Lipinski definition) is 2. The summed E-state index contributed by atoms with van der Waals surface area (Å²) in [5.41, 5.74) is -1.99. The zero-order valence-electron chi connectivity index (χ0n) is 18.9. The summed E-state index contributed by atoms with van der Waals surface area (Å²) in [5, 5.41) is 19.1. The Hall–Kier alpha value is -1.93. The van der Waals surface area contributed by atoms with E-state index in [-0.39, 0.29) is 24.5 Å². The Balaban J connectivity index is 2.03. The fourth-order valence-corrected chi connectivity index (χ4v) is 6.04. The van der Waals surface area contributed by atoms with E-state index in [1.165, 1.54) is 0 Å². The number of amides is 2. The maximum Gasteiger partial charge on any atom is 0.310 e. The van der Waals surface area contributed by atoms with Crippen LogP contribution < -0.4 is 0 Å². The van der Waals surface area contributed by atoms with E-state index >= 15 is 0 Å². The largest absolute Gasteiger partial charge is 0.481 e. The molecule has 0 aromatic heterocycles. The van der Waals surface area contributed by atoms with Crippen LogP contribution in [-0.2, 0) is 19.1 Å². The minimum absolute atomic E-state index is 0.0759. The number of aliphatic hydroxyl groups is 1. The number of carboxylic acids is 1. The van der Waals surface area contributed by atoms with E-state index in [1.54, 1.807) is 15.9 Å². The predicted molar refractivity (Wildman–Crippen MR) is 114 cm³/mol. The summed E-state index contributed by atoms with van der Waals surface area (Å²) in [5.74, 6) is -3.30. The average molecular weight is 437 g/mol. The number of fused-ring (bicyclic) bond motifs is 1. The highest BCUT2D eigenvalue weighted by atomic mass is 16.5. The zero-order chi connectivity index (χ0) is 23.0. The van der Waals surface area contributed by atoms with Gasteiger partial charge in [0, 0.05) is 25.7 Å². The van der Waals surface area contributed by atoms with Crippen LogP contribution in [0.5, 0.6) is 0 Å². The lowest BCUT2D eigenvalue weighted by Crippen LogP contribution is -2.57. The van der Waals surface area contributed by atoms with Crippen molar-refractivity contribution in [3.05, 3.63) is 12.7 Å². The van der Waals surface area contributed by atoms with Crippen LogP contribution in [0.3, 0.4) is 0 Å². The van der Waals surface area contributed by atoms with Crippen LogP contribution in [0.2, 0.25) is 0 Å². The van der Waals surface area contributed by atoms with Gasteiger partial charge >= 0.3 is 5.97 Å². The topological polar surface area (TPSA) is 107 Å². The number of aliphatic carboxylic acids is 1. The van der Waals surface area contributed by atoms with Gasteiger partial charge in [-0.3, -0.25) is 14.4 Å². The average Bonchev–Trinajstić information content (AvgIpc) is 3.32. The molecule has 31 heavy (non-hydrogen) atoms. The van der Waals surface area contributed by atoms with Gasteiger partial charge in [0.25, 0.3) is 0 Å². The Morgan fingerprint density at radius 3 is 2.58 bits per heavy atom. The van der Waals surface area contributed by atoms with Crippen molar-refractivity contribution >= 4 is 17.8 Å². The summed E-state index contributed by atoms with van der Waals surface area (Å²) in [6.07, 6.45) is 5.18. The molecular weight excluding hydrogens is 400 g/mol. The van der Waals surface area contributed by atoms with E-state index in [1.807, 2.05) is 20.8 Å². The third-order valence-corrected chi connectivity index (χ3v) is 7.47. The second-order valence-corrected chi connectivity index (χ2v) is 9.36. The first-order valence-electron chi connectivity index (χ1n) is 11.5. The van der Waals surface area contributed by atoms with Gasteiger partial charge in [-0.15, -0.1) is 6.58 Å². The quantitative estimate of drug-likeness (QED) is 0.378. The second kappa shape index (κ2) is 8.90. The maximum atomic E-state index is 13.8. The lowest BCUT2D eigenvalue weighted by molar-refractivity contribution is -0.158. The number of nitrogens with zero attached hydrogens (tertiary/aromatic N) is 2. The smallest absolute Gasteiger partial charge is 0.310 e. The first-order chi connectivity index (χ1) is 14.7. The molecule has 8 heteroatoms. The van der Waals surface area contributed by atoms with E-state index in [9.17, 15) is 19.5 Å². The minimum Gasteiger partial charge on any atom is -0.481 e. The number of hydrogen-bond acceptors (Lipinski definition) is 5. The van der Waals surface area contributed by atoms with Gasteiger partial charge in [-0.2, -0.15) is 0 Å². The van der Waals surface area contributed by atoms with Gasteiger partial charge in [-0.05, 0) is 52.4 Å². The van der Waals surface area contributed by atoms with Gasteiger partial charge in [0.05, 0.1) is 11.5 Å². The van der Waals surface area contributed by atoms with E-state index < -0.39 is 35.0 Å². The molecule has 0 saturated carbocycles. The number of aliphatic hydroxyl groups excluding tert-OH is 1. The van der Waals surface area contributed by atoms with Gasteiger partial charge in [0.15, 0.2) is 0 Å². The zero-order valence-corrected chi connectivity index (χ0v) is 18.9. The monoisotopic (exact) mass is 436 g/mol. The van der Waals surface area contributed by atoms with Gasteiger partial charge < -0.3 is 24.7 Å². The summed E-state index contributed by atoms with van der Waals surface area (Å²) in [6, 6.07) is -0.930. The van der Waals surface area contributed by atoms with E-state index in [2.05, 4.69) is 6.58 Å². The molecule has 0 aromatic rings. The van der Waals surface area contributed by atoms with Crippen molar-refractivity contribution in [1.82, 2.24) is 9.80 Å². The van der Waals surface area contributed by atoms with Crippen molar-refractivity contribution in [3.63, 3.8) is 0 Å². The molecule has 0 aliphatic carbocycles. The van der Waals surface area contributed by atoms with Gasteiger partial charge in [-0.1, -0.05) is 13.0 Å². The Morgan fingerprint density at radius 2 is 2.03 bits per heavy atom. The van der Waals surface area contributed by atoms with Crippen LogP contribution in [0.4, 0.5) is 0 Å². The molecule has 3 fully saturated rings. The molecule has 8 nitrogen and oxygen atoms in total. The highest BCUT2D eigenvalue weighted by molar-refractivity contribution is 5.98. The molecule has 3 heterocycles. The van der Waals surface area contributed by atoms with E-state index in [4.69, 9.17) is 9.84 Å². The SMILES string of the molecule is C=CCN(C(=O)C1N(CCCCCO)C(=O)[C@@H]2[C@H](C(=O)O)[C@]3(CC)CCC12O3)C(C)C. The highest BCUT2D eigenvalue weighted by Crippen LogP contribution is 2.64. The number of likely N-dealkylation sites (tertiary alicyclic amines) is 1. The minimum atomic E-state index is -1.10. The van der Waals surface area contributed by atoms with Crippen LogP contribution in [0.1, 0.15) is 59.3 Å². The van der Waals surface area contributed by atoms with Crippen LogP contribution in [0, 0.1) is 11.8 Å². The second-order valence-electron chi connectivity index (χ2n) is 9.36. The molecule has 0 aromatic carbocycles. The van der Waals surface area contributed by atoms with Crippen molar-refractivity contribution in [2.24, 2.45) is 11.8 Å². The maximum absolute atomic E-state index is 13.8. The molecule has 3 saturated heterocycles. The molecule has 1 spiro atoms. The van der Waals surface area contributed by atoms with Crippen LogP contribution >= 0.6 is 0 Å². The Labute approximate surface area is 184 Å². The van der Waals surface area contributed by atoms with Gasteiger partial charge in [0.1, 0.15) is 17.6 Å². The molecular formula is C23H36N2O6. The van der Waals surface area contributed by atoms with Crippen LogP contribution in [0.25, 0.3) is 0 Å². The molecule has 174 valence electrons. The van der Waals surface area contributed by atoms with Crippen molar-refractivity contribution < 1.29 is 29.3 Å². The number of carbonyl (C=O) groups excluding carboxylic acids is 2. The first kappa shape index (κ1) is 23.7. The molecule has 3 rings (SSSR count). The number of carboxylic acid groups (broad SMARTS) is 1. The highest BCUT2D eigenvalue weighted by Gasteiger charge is 2.79. The van der Waals surface area contributed by atoms with Crippen molar-refractivity contribution in [2.45, 2.75) is 82.6 Å². The van der Waals surface area contributed by atoms with Crippen molar-refractivity contribution in [3.8, 4) is 0 Å². The molecule has 2 amide bonds. The third-order valence-electron chi connectivity index (χ3n) is 7.47. The molecule has 2 bridgehead atoms. The summed E-state index contributed by atoms with van der Waals surface area (Å²) < 4.78 is 6.51. The van der Waals surface area contributed by atoms with Crippen LogP contribution in [-0.4, -0.2) is 80.8 Å². The Bertz CT molecular complexity index is 740. The van der Waals surface area contributed by atoms with Gasteiger partial charge in [-0.25, -0.2) is 0 Å². The third kappa shape index (κ3) is 3.57. The lowest BCUT2D eigenvalue weighted by atomic mass is 9.65. The molecule has 5 atom stereocenters. The summed E-state index contributed by atoms with van der Waals surface area (Å²) in [7, 11) is 0. The molecule has 2 unspecified atom stereocenters. The fraction of sp³-hybridized carbons (Fsp3) is 0.783. The molecule has 3 aliphatic heterocycles. The van der Waals surface area contributed by atoms with Gasteiger partial charge in [0.2, 0.25) is 11.8 Å². The lowest BCUT2D eigenvalue weighted by Gasteiger charge is -2.38.